The molecule has 2 N–H and O–H groups in total. The summed E-state index contributed by atoms with van der Waals surface area (Å²) in [7, 11) is 0. The van der Waals surface area contributed by atoms with Crippen LogP contribution in [0.4, 0.5) is 0 Å². The Morgan fingerprint density at radius 3 is 2.94 bits per heavy atom. The van der Waals surface area contributed by atoms with Crippen LogP contribution >= 0.6 is 11.6 Å². The van der Waals surface area contributed by atoms with Crippen LogP contribution in [0.3, 0.4) is 0 Å². The quantitative estimate of drug-likeness (QED) is 0.856. The molecule has 2 aromatic rings. The van der Waals surface area contributed by atoms with Crippen molar-refractivity contribution in [2.75, 3.05) is 0 Å². The first kappa shape index (κ1) is 11.2. The van der Waals surface area contributed by atoms with Crippen molar-refractivity contribution >= 4 is 11.6 Å². The van der Waals surface area contributed by atoms with Crippen LogP contribution in [0.5, 0.6) is 0 Å². The van der Waals surface area contributed by atoms with Crippen LogP contribution in [-0.4, -0.2) is 9.97 Å². The summed E-state index contributed by atoms with van der Waals surface area (Å²) in [6, 6.07) is 8.02. The van der Waals surface area contributed by atoms with Crippen LogP contribution in [0.15, 0.2) is 36.7 Å². The number of hydrogen-bond donors (Lipinski definition) is 2. The van der Waals surface area contributed by atoms with Gasteiger partial charge in [-0.25, -0.2) is 4.98 Å². The normalized spacial score (nSPS) is 12.6. The predicted octanol–water partition coefficient (Wildman–Crippen LogP) is 2.91. The van der Waals surface area contributed by atoms with E-state index < -0.39 is 0 Å². The summed E-state index contributed by atoms with van der Waals surface area (Å²) in [5.74, 6) is 0.937. The molecule has 84 valence electrons. The van der Waals surface area contributed by atoms with Gasteiger partial charge >= 0.3 is 0 Å². The molecule has 0 aliphatic heterocycles. The zero-order chi connectivity index (χ0) is 11.4. The molecule has 0 spiro atoms. The highest BCUT2D eigenvalue weighted by atomic mass is 35.5. The lowest BCUT2D eigenvalue weighted by Gasteiger charge is -2.12. The molecule has 0 saturated carbocycles. The van der Waals surface area contributed by atoms with Crippen molar-refractivity contribution in [2.45, 2.75) is 19.5 Å². The number of aromatic nitrogens is 2. The number of halogens is 1. The molecule has 0 aliphatic rings. The zero-order valence-electron chi connectivity index (χ0n) is 9.07. The summed E-state index contributed by atoms with van der Waals surface area (Å²) in [6.45, 7) is 2.80. The minimum absolute atomic E-state index is 0.186. The largest absolute Gasteiger partial charge is 0.347 e. The highest BCUT2D eigenvalue weighted by molar-refractivity contribution is 6.31. The molecule has 0 radical (unpaired) electrons. The second kappa shape index (κ2) is 5.14. The first-order valence-electron chi connectivity index (χ1n) is 5.23. The van der Waals surface area contributed by atoms with Crippen molar-refractivity contribution in [2.24, 2.45) is 0 Å². The molecule has 1 heterocycles. The Kier molecular flexibility index (Phi) is 3.59. The van der Waals surface area contributed by atoms with E-state index in [0.717, 1.165) is 23.0 Å². The Labute approximate surface area is 99.9 Å². The molecule has 0 amide bonds. The number of rotatable bonds is 4. The Morgan fingerprint density at radius 2 is 2.25 bits per heavy atom. The SMILES string of the molecule is CC(NCc1ccccc1Cl)c1ncc[nH]1. The summed E-state index contributed by atoms with van der Waals surface area (Å²) >= 11 is 6.07. The van der Waals surface area contributed by atoms with Crippen LogP contribution in [0.2, 0.25) is 5.02 Å². The average Bonchev–Trinajstić information content (AvgIpc) is 2.81. The smallest absolute Gasteiger partial charge is 0.122 e. The maximum Gasteiger partial charge on any atom is 0.122 e. The summed E-state index contributed by atoms with van der Waals surface area (Å²) in [5.41, 5.74) is 1.10. The van der Waals surface area contributed by atoms with E-state index in [9.17, 15) is 0 Å². The molecule has 16 heavy (non-hydrogen) atoms. The van der Waals surface area contributed by atoms with Crippen molar-refractivity contribution in [3.05, 3.63) is 53.1 Å². The summed E-state index contributed by atoms with van der Waals surface area (Å²) in [6.07, 6.45) is 3.58. The van der Waals surface area contributed by atoms with Gasteiger partial charge in [-0.1, -0.05) is 29.8 Å². The molecule has 0 aliphatic carbocycles. The van der Waals surface area contributed by atoms with E-state index in [4.69, 9.17) is 11.6 Å². The van der Waals surface area contributed by atoms with Crippen LogP contribution in [-0.2, 0) is 6.54 Å². The molecular weight excluding hydrogens is 222 g/mol. The summed E-state index contributed by atoms with van der Waals surface area (Å²) in [4.78, 5) is 7.28. The third kappa shape index (κ3) is 2.62. The lowest BCUT2D eigenvalue weighted by Crippen LogP contribution is -2.19. The van der Waals surface area contributed by atoms with Gasteiger partial charge in [0, 0.05) is 24.0 Å². The Balaban J connectivity index is 1.95. The van der Waals surface area contributed by atoms with Gasteiger partial charge in [0.1, 0.15) is 5.82 Å². The monoisotopic (exact) mass is 235 g/mol. The molecule has 0 saturated heterocycles. The van der Waals surface area contributed by atoms with Crippen molar-refractivity contribution in [3.63, 3.8) is 0 Å². The fourth-order valence-corrected chi connectivity index (χ4v) is 1.72. The van der Waals surface area contributed by atoms with Crippen molar-refractivity contribution in [3.8, 4) is 0 Å². The van der Waals surface area contributed by atoms with Gasteiger partial charge in [0.05, 0.1) is 6.04 Å². The van der Waals surface area contributed by atoms with E-state index in [1.54, 1.807) is 6.20 Å². The van der Waals surface area contributed by atoms with E-state index in [2.05, 4.69) is 22.2 Å². The molecule has 1 unspecified atom stereocenters. The fourth-order valence-electron chi connectivity index (χ4n) is 1.52. The van der Waals surface area contributed by atoms with Crippen LogP contribution in [0, 0.1) is 0 Å². The maximum atomic E-state index is 6.07. The van der Waals surface area contributed by atoms with Gasteiger partial charge < -0.3 is 10.3 Å². The minimum atomic E-state index is 0.186. The van der Waals surface area contributed by atoms with Gasteiger partial charge in [-0.2, -0.15) is 0 Å². The standard InChI is InChI=1S/C12H14ClN3/c1-9(12-14-6-7-15-12)16-8-10-4-2-3-5-11(10)13/h2-7,9,16H,8H2,1H3,(H,14,15). The summed E-state index contributed by atoms with van der Waals surface area (Å²) in [5, 5.41) is 4.16. The first-order chi connectivity index (χ1) is 7.77. The molecule has 1 aromatic heterocycles. The number of nitrogens with one attached hydrogen (secondary N) is 2. The lowest BCUT2D eigenvalue weighted by atomic mass is 10.2. The third-order valence-corrected chi connectivity index (χ3v) is 2.85. The average molecular weight is 236 g/mol. The third-order valence-electron chi connectivity index (χ3n) is 2.49. The van der Waals surface area contributed by atoms with E-state index >= 15 is 0 Å². The number of H-pyrrole nitrogens is 1. The van der Waals surface area contributed by atoms with E-state index in [0.29, 0.717) is 0 Å². The Hall–Kier alpha value is -1.32. The van der Waals surface area contributed by atoms with Gasteiger partial charge in [0.25, 0.3) is 0 Å². The van der Waals surface area contributed by atoms with E-state index in [-0.39, 0.29) is 6.04 Å². The van der Waals surface area contributed by atoms with Gasteiger partial charge in [-0.15, -0.1) is 0 Å². The molecule has 0 fully saturated rings. The highest BCUT2D eigenvalue weighted by Gasteiger charge is 2.07. The van der Waals surface area contributed by atoms with Crippen molar-refractivity contribution in [1.29, 1.82) is 0 Å². The molecule has 0 bridgehead atoms. The molecule has 2 rings (SSSR count). The Morgan fingerprint density at radius 1 is 1.44 bits per heavy atom. The lowest BCUT2D eigenvalue weighted by molar-refractivity contribution is 0.551. The van der Waals surface area contributed by atoms with Crippen LogP contribution in [0.1, 0.15) is 24.4 Å². The second-order valence-corrected chi connectivity index (χ2v) is 4.08. The van der Waals surface area contributed by atoms with Gasteiger partial charge in [-0.05, 0) is 18.6 Å². The number of hydrogen-bond acceptors (Lipinski definition) is 2. The highest BCUT2D eigenvalue weighted by Crippen LogP contribution is 2.15. The van der Waals surface area contributed by atoms with Crippen molar-refractivity contribution in [1.82, 2.24) is 15.3 Å². The molecular formula is C12H14ClN3. The van der Waals surface area contributed by atoms with E-state index in [1.807, 2.05) is 30.5 Å². The van der Waals surface area contributed by atoms with Gasteiger partial charge in [0.15, 0.2) is 0 Å². The molecule has 4 heteroatoms. The molecule has 1 aromatic carbocycles. The first-order valence-corrected chi connectivity index (χ1v) is 5.61. The minimum Gasteiger partial charge on any atom is -0.347 e. The summed E-state index contributed by atoms with van der Waals surface area (Å²) < 4.78 is 0. The number of nitrogens with zero attached hydrogens (tertiary/aromatic N) is 1. The van der Waals surface area contributed by atoms with Crippen LogP contribution < -0.4 is 5.32 Å². The number of benzene rings is 1. The zero-order valence-corrected chi connectivity index (χ0v) is 9.83. The fraction of sp³-hybridized carbons (Fsp3) is 0.250. The molecule has 3 nitrogen and oxygen atoms in total. The topological polar surface area (TPSA) is 40.7 Å². The number of aromatic amines is 1. The second-order valence-electron chi connectivity index (χ2n) is 3.67. The predicted molar refractivity (Wildman–Crippen MR) is 65.3 cm³/mol. The van der Waals surface area contributed by atoms with Crippen molar-refractivity contribution < 1.29 is 0 Å². The van der Waals surface area contributed by atoms with Gasteiger partial charge in [0.2, 0.25) is 0 Å². The van der Waals surface area contributed by atoms with Crippen LogP contribution in [0.25, 0.3) is 0 Å². The Bertz CT molecular complexity index is 439. The van der Waals surface area contributed by atoms with Gasteiger partial charge in [-0.3, -0.25) is 0 Å². The number of imidazole rings is 1. The maximum absolute atomic E-state index is 6.07. The van der Waals surface area contributed by atoms with E-state index in [1.165, 1.54) is 0 Å². The molecule has 1 atom stereocenters.